The Kier molecular flexibility index (Phi) is 7.29. The van der Waals surface area contributed by atoms with Crippen LogP contribution in [0.3, 0.4) is 0 Å². The van der Waals surface area contributed by atoms with Gasteiger partial charge < -0.3 is 15.4 Å². The Morgan fingerprint density at radius 2 is 1.76 bits per heavy atom. The molecule has 0 spiro atoms. The van der Waals surface area contributed by atoms with Gasteiger partial charge in [-0.2, -0.15) is 0 Å². The Morgan fingerprint density at radius 3 is 2.48 bits per heavy atom. The van der Waals surface area contributed by atoms with E-state index in [1.165, 1.54) is 0 Å². The lowest BCUT2D eigenvalue weighted by Crippen LogP contribution is -2.37. The van der Waals surface area contributed by atoms with E-state index in [4.69, 9.17) is 16.3 Å². The number of rotatable bonds is 8. The standard InChI is InChI=1S/C19H21ClN2O3/c1-2-25-17-6-4-3-5-16(17)19(24)22-13-18(23)21-12-11-14-7-9-15(20)10-8-14/h3-10H,2,11-13H2,1H3,(H,21,23)(H,22,24). The van der Waals surface area contributed by atoms with Crippen molar-refractivity contribution in [3.63, 3.8) is 0 Å². The summed E-state index contributed by atoms with van der Waals surface area (Å²) in [5, 5.41) is 6.06. The van der Waals surface area contributed by atoms with E-state index in [1.807, 2.05) is 31.2 Å². The predicted octanol–water partition coefficient (Wildman–Crippen LogP) is 2.83. The van der Waals surface area contributed by atoms with Crippen LogP contribution in [0.25, 0.3) is 0 Å². The second-order valence-electron chi connectivity index (χ2n) is 5.34. The summed E-state index contributed by atoms with van der Waals surface area (Å²) in [5.74, 6) is -0.0706. The quantitative estimate of drug-likeness (QED) is 0.760. The minimum Gasteiger partial charge on any atom is -0.493 e. The minimum atomic E-state index is -0.336. The molecule has 132 valence electrons. The first-order chi connectivity index (χ1) is 12.1. The van der Waals surface area contributed by atoms with Gasteiger partial charge in [0.05, 0.1) is 18.7 Å². The fourth-order valence-electron chi connectivity index (χ4n) is 2.25. The summed E-state index contributed by atoms with van der Waals surface area (Å²) in [7, 11) is 0. The first-order valence-electron chi connectivity index (χ1n) is 8.11. The summed E-state index contributed by atoms with van der Waals surface area (Å²) in [6.07, 6.45) is 0.698. The number of ether oxygens (including phenoxy) is 1. The maximum Gasteiger partial charge on any atom is 0.255 e. The molecule has 2 aromatic rings. The highest BCUT2D eigenvalue weighted by Gasteiger charge is 2.12. The zero-order valence-corrected chi connectivity index (χ0v) is 14.8. The third-order valence-electron chi connectivity index (χ3n) is 3.49. The Hall–Kier alpha value is -2.53. The van der Waals surface area contributed by atoms with Gasteiger partial charge in [0.25, 0.3) is 5.91 Å². The molecule has 25 heavy (non-hydrogen) atoms. The average Bonchev–Trinajstić information content (AvgIpc) is 2.62. The maximum absolute atomic E-state index is 12.2. The molecule has 2 rings (SSSR count). The number of nitrogens with one attached hydrogen (secondary N) is 2. The van der Waals surface area contributed by atoms with E-state index >= 15 is 0 Å². The molecule has 0 fully saturated rings. The molecule has 0 aliphatic rings. The topological polar surface area (TPSA) is 67.4 Å². The number of halogens is 1. The molecule has 0 atom stereocenters. The van der Waals surface area contributed by atoms with Crippen LogP contribution in [0.15, 0.2) is 48.5 Å². The Labute approximate surface area is 152 Å². The Bertz CT molecular complexity index is 717. The number of benzene rings is 2. The van der Waals surface area contributed by atoms with Crippen LogP contribution < -0.4 is 15.4 Å². The van der Waals surface area contributed by atoms with Crippen LogP contribution in [0.2, 0.25) is 5.02 Å². The van der Waals surface area contributed by atoms with Crippen LogP contribution >= 0.6 is 11.6 Å². The highest BCUT2D eigenvalue weighted by molar-refractivity contribution is 6.30. The number of carbonyl (C=O) groups excluding carboxylic acids is 2. The summed E-state index contributed by atoms with van der Waals surface area (Å²) < 4.78 is 5.42. The van der Waals surface area contributed by atoms with Crippen molar-refractivity contribution in [1.82, 2.24) is 10.6 Å². The lowest BCUT2D eigenvalue weighted by atomic mass is 10.1. The summed E-state index contributed by atoms with van der Waals surface area (Å²) >= 11 is 5.83. The van der Waals surface area contributed by atoms with Gasteiger partial charge >= 0.3 is 0 Å². The van der Waals surface area contributed by atoms with Gasteiger partial charge in [-0.25, -0.2) is 0 Å². The van der Waals surface area contributed by atoms with Gasteiger partial charge in [-0.1, -0.05) is 35.9 Å². The van der Waals surface area contributed by atoms with Crippen molar-refractivity contribution in [1.29, 1.82) is 0 Å². The molecule has 0 saturated heterocycles. The van der Waals surface area contributed by atoms with Crippen molar-refractivity contribution in [3.8, 4) is 5.75 Å². The lowest BCUT2D eigenvalue weighted by molar-refractivity contribution is -0.120. The highest BCUT2D eigenvalue weighted by atomic mass is 35.5. The summed E-state index contributed by atoms with van der Waals surface area (Å²) in [4.78, 5) is 24.0. The van der Waals surface area contributed by atoms with Crippen molar-refractivity contribution >= 4 is 23.4 Å². The SMILES string of the molecule is CCOc1ccccc1C(=O)NCC(=O)NCCc1ccc(Cl)cc1. The molecule has 5 nitrogen and oxygen atoms in total. The molecule has 0 unspecified atom stereocenters. The monoisotopic (exact) mass is 360 g/mol. The average molecular weight is 361 g/mol. The molecule has 0 aromatic heterocycles. The second kappa shape index (κ2) is 9.69. The summed E-state index contributed by atoms with van der Waals surface area (Å²) in [5.41, 5.74) is 1.50. The van der Waals surface area contributed by atoms with Gasteiger partial charge in [-0.3, -0.25) is 9.59 Å². The van der Waals surface area contributed by atoms with Gasteiger partial charge in [0.15, 0.2) is 0 Å². The summed E-state index contributed by atoms with van der Waals surface area (Å²) in [6.45, 7) is 2.73. The molecule has 0 saturated carbocycles. The van der Waals surface area contributed by atoms with Crippen LogP contribution in [0.1, 0.15) is 22.8 Å². The molecule has 0 radical (unpaired) electrons. The molecular formula is C19H21ClN2O3. The lowest BCUT2D eigenvalue weighted by Gasteiger charge is -2.10. The van der Waals surface area contributed by atoms with Crippen molar-refractivity contribution in [3.05, 3.63) is 64.7 Å². The van der Waals surface area contributed by atoms with E-state index in [1.54, 1.807) is 24.3 Å². The largest absolute Gasteiger partial charge is 0.493 e. The second-order valence-corrected chi connectivity index (χ2v) is 5.77. The molecule has 2 amide bonds. The van der Waals surface area contributed by atoms with Crippen molar-refractivity contribution in [2.75, 3.05) is 19.7 Å². The zero-order valence-electron chi connectivity index (χ0n) is 14.0. The van der Waals surface area contributed by atoms with Gasteiger partial charge in [-0.05, 0) is 43.2 Å². The smallest absolute Gasteiger partial charge is 0.255 e. The maximum atomic E-state index is 12.2. The first kappa shape index (κ1) is 18.8. The van der Waals surface area contributed by atoms with Gasteiger partial charge in [-0.15, -0.1) is 0 Å². The van der Waals surface area contributed by atoms with Crippen LogP contribution in [0.4, 0.5) is 0 Å². The van der Waals surface area contributed by atoms with E-state index in [9.17, 15) is 9.59 Å². The van der Waals surface area contributed by atoms with Crippen LogP contribution in [-0.2, 0) is 11.2 Å². The molecule has 2 aromatic carbocycles. The van der Waals surface area contributed by atoms with Gasteiger partial charge in [0.2, 0.25) is 5.91 Å². The van der Waals surface area contributed by atoms with E-state index in [-0.39, 0.29) is 18.4 Å². The third kappa shape index (κ3) is 6.12. The highest BCUT2D eigenvalue weighted by Crippen LogP contribution is 2.17. The van der Waals surface area contributed by atoms with Crippen molar-refractivity contribution in [2.24, 2.45) is 0 Å². The molecule has 0 bridgehead atoms. The number of amides is 2. The predicted molar refractivity (Wildman–Crippen MR) is 98.1 cm³/mol. The normalized spacial score (nSPS) is 10.2. The number of hydrogen-bond donors (Lipinski definition) is 2. The van der Waals surface area contributed by atoms with Crippen molar-refractivity contribution < 1.29 is 14.3 Å². The fraction of sp³-hybridized carbons (Fsp3) is 0.263. The Balaban J connectivity index is 1.76. The number of para-hydroxylation sites is 1. The zero-order chi connectivity index (χ0) is 18.1. The summed E-state index contributed by atoms with van der Waals surface area (Å²) in [6, 6.07) is 14.4. The molecule has 0 aliphatic heterocycles. The minimum absolute atomic E-state index is 0.0834. The number of carbonyl (C=O) groups is 2. The van der Waals surface area contributed by atoms with Crippen LogP contribution in [0, 0.1) is 0 Å². The Morgan fingerprint density at radius 1 is 1.04 bits per heavy atom. The molecule has 6 heteroatoms. The van der Waals surface area contributed by atoms with Crippen molar-refractivity contribution in [2.45, 2.75) is 13.3 Å². The van der Waals surface area contributed by atoms with E-state index in [0.717, 1.165) is 5.56 Å². The van der Waals surface area contributed by atoms with Crippen LogP contribution in [-0.4, -0.2) is 31.5 Å². The van der Waals surface area contributed by atoms with E-state index in [0.29, 0.717) is 35.9 Å². The molecule has 0 heterocycles. The molecule has 0 aliphatic carbocycles. The van der Waals surface area contributed by atoms with Gasteiger partial charge in [0, 0.05) is 11.6 Å². The first-order valence-corrected chi connectivity index (χ1v) is 8.49. The van der Waals surface area contributed by atoms with E-state index < -0.39 is 0 Å². The third-order valence-corrected chi connectivity index (χ3v) is 3.74. The van der Waals surface area contributed by atoms with E-state index in [2.05, 4.69) is 10.6 Å². The van der Waals surface area contributed by atoms with Gasteiger partial charge in [0.1, 0.15) is 5.75 Å². The van der Waals surface area contributed by atoms with Crippen LogP contribution in [0.5, 0.6) is 5.75 Å². The number of hydrogen-bond acceptors (Lipinski definition) is 3. The fourth-order valence-corrected chi connectivity index (χ4v) is 2.38. The molecular weight excluding hydrogens is 340 g/mol. The molecule has 2 N–H and O–H groups in total.